The first-order valence-corrected chi connectivity index (χ1v) is 27.7. The van der Waals surface area contributed by atoms with Gasteiger partial charge in [0.05, 0.1) is 22.1 Å². The molecule has 0 atom stereocenters. The molecule has 8 aromatic heterocycles. The summed E-state index contributed by atoms with van der Waals surface area (Å²) < 4.78 is 0. The van der Waals surface area contributed by atoms with Gasteiger partial charge in [0.1, 0.15) is 11.4 Å². The number of nitrogens with one attached hydrogen (secondary N) is 8. The van der Waals surface area contributed by atoms with E-state index in [2.05, 4.69) is 270 Å². The van der Waals surface area contributed by atoms with Gasteiger partial charge in [0.2, 0.25) is 0 Å². The molecule has 16 bridgehead atoms. The molecule has 10 heteroatoms. The summed E-state index contributed by atoms with van der Waals surface area (Å²) in [5.41, 5.74) is 8.89. The van der Waals surface area contributed by atoms with Crippen molar-refractivity contribution in [2.45, 2.75) is 0 Å². The zero-order chi connectivity index (χ0) is 53.6. The summed E-state index contributed by atoms with van der Waals surface area (Å²) in [5.74, 6) is 0. The minimum atomic E-state index is 0.651. The van der Waals surface area contributed by atoms with Gasteiger partial charge in [0.25, 0.3) is 0 Å². The van der Waals surface area contributed by atoms with Gasteiger partial charge in [-0.2, -0.15) is 0 Å². The fourth-order valence-corrected chi connectivity index (χ4v) is 13.3. The van der Waals surface area contributed by atoms with Crippen molar-refractivity contribution in [3.8, 4) is 0 Å². The summed E-state index contributed by atoms with van der Waals surface area (Å²) in [6, 6.07) is 68.8. The topological polar surface area (TPSA) is 151 Å². The van der Waals surface area contributed by atoms with Crippen LogP contribution in [-0.4, -0.2) is 39.9 Å². The van der Waals surface area contributed by atoms with E-state index in [-0.39, 0.29) is 0 Å². The van der Waals surface area contributed by atoms with E-state index in [1.54, 1.807) is 0 Å². The Labute approximate surface area is 464 Å². The Kier molecular flexibility index (Phi) is 9.29. The number of azo groups is 1. The van der Waals surface area contributed by atoms with Crippen molar-refractivity contribution in [1.82, 2.24) is 39.9 Å². The molecule has 18 rings (SSSR count). The SMILES string of the molecule is C1=c2[nH]c(c3ccccc23)=Cc2[nH]c(c3ccccc23)C(N=NC2=c3[nH]c(c4ccccc34)=Cc3[nH]c(c4ccccc34)C=c3[nH]c(c4ccccc34)=Cc3[nH]c2c2ccccc32)=c2[nH]c(c3ccccc23)=Cc2[nH]c1c1ccccc21. The average molecular weight is 1050 g/mol. The molecule has 384 valence electrons. The van der Waals surface area contributed by atoms with Crippen LogP contribution in [0.15, 0.2) is 204 Å². The van der Waals surface area contributed by atoms with Crippen LogP contribution in [0.25, 0.3) is 134 Å². The summed E-state index contributed by atoms with van der Waals surface area (Å²) >= 11 is 0. The summed E-state index contributed by atoms with van der Waals surface area (Å²) in [6.45, 7) is 0. The van der Waals surface area contributed by atoms with Gasteiger partial charge in [0.15, 0.2) is 0 Å². The lowest BCUT2D eigenvalue weighted by Gasteiger charge is -2.04. The van der Waals surface area contributed by atoms with E-state index in [1.807, 2.05) is 0 Å². The number of aromatic nitrogens is 8. The first-order chi connectivity index (χ1) is 40.6. The third-order valence-electron chi connectivity index (χ3n) is 17.0. The van der Waals surface area contributed by atoms with Crippen molar-refractivity contribution in [3.63, 3.8) is 0 Å². The molecule has 10 heterocycles. The molecule has 82 heavy (non-hydrogen) atoms. The maximum absolute atomic E-state index is 5.66. The molecule has 0 aliphatic carbocycles. The molecule has 0 saturated heterocycles. The maximum Gasteiger partial charge on any atom is 0.134 e. The van der Waals surface area contributed by atoms with Gasteiger partial charge in [-0.05, 0) is 36.5 Å². The summed E-state index contributed by atoms with van der Waals surface area (Å²) in [7, 11) is 0. The molecule has 0 amide bonds. The Balaban J connectivity index is 0.996. The molecule has 2 aliphatic heterocycles. The van der Waals surface area contributed by atoms with Crippen molar-refractivity contribution in [1.29, 1.82) is 0 Å². The van der Waals surface area contributed by atoms with Gasteiger partial charge in [-0.15, -0.1) is 10.2 Å². The predicted molar refractivity (Wildman–Crippen MR) is 335 cm³/mol. The minimum absolute atomic E-state index is 0.651. The normalized spacial score (nSPS) is 13.4. The van der Waals surface area contributed by atoms with Crippen LogP contribution in [0, 0.1) is 0 Å². The van der Waals surface area contributed by atoms with E-state index in [0.717, 1.165) is 175 Å². The van der Waals surface area contributed by atoms with E-state index in [4.69, 9.17) is 10.2 Å². The Morgan fingerprint density at radius 1 is 0.183 bits per heavy atom. The molecule has 10 nitrogen and oxygen atoms in total. The Hall–Kier alpha value is -11.4. The molecule has 0 saturated carbocycles. The third-order valence-corrected chi connectivity index (χ3v) is 17.0. The molecule has 0 spiro atoms. The van der Waals surface area contributed by atoms with Gasteiger partial charge in [0, 0.05) is 152 Å². The van der Waals surface area contributed by atoms with Gasteiger partial charge >= 0.3 is 0 Å². The second-order valence-corrected chi connectivity index (χ2v) is 21.6. The zero-order valence-electron chi connectivity index (χ0n) is 43.8. The monoisotopic (exact) mass is 1050 g/mol. The number of rotatable bonds is 2. The number of fused-ring (bicyclic) bond motifs is 40. The highest BCUT2D eigenvalue weighted by molar-refractivity contribution is 6.04. The van der Waals surface area contributed by atoms with E-state index in [0.29, 0.717) is 11.4 Å². The quantitative estimate of drug-likeness (QED) is 0.0779. The molecule has 16 aromatic rings. The van der Waals surface area contributed by atoms with Crippen LogP contribution in [-0.2, 0) is 0 Å². The fourth-order valence-electron chi connectivity index (χ4n) is 13.3. The molecule has 8 aromatic carbocycles. The van der Waals surface area contributed by atoms with E-state index in [9.17, 15) is 0 Å². The van der Waals surface area contributed by atoms with E-state index in [1.165, 1.54) is 0 Å². The smallest absolute Gasteiger partial charge is 0.134 e. The van der Waals surface area contributed by atoms with E-state index >= 15 is 0 Å². The molecule has 0 fully saturated rings. The van der Waals surface area contributed by atoms with Gasteiger partial charge in [-0.3, -0.25) is 0 Å². The van der Waals surface area contributed by atoms with Crippen LogP contribution < -0.4 is 42.8 Å². The fraction of sp³-hybridized carbons (Fsp3) is 0. The Morgan fingerprint density at radius 3 is 0.683 bits per heavy atom. The van der Waals surface area contributed by atoms with Crippen molar-refractivity contribution >= 4 is 134 Å². The van der Waals surface area contributed by atoms with Crippen molar-refractivity contribution in [3.05, 3.63) is 282 Å². The van der Waals surface area contributed by atoms with E-state index < -0.39 is 0 Å². The number of nitrogens with zero attached hydrogens (tertiary/aromatic N) is 2. The van der Waals surface area contributed by atoms with Crippen LogP contribution in [0.3, 0.4) is 0 Å². The third kappa shape index (κ3) is 6.63. The number of hydrogen-bond acceptors (Lipinski definition) is 2. The second kappa shape index (κ2) is 17.1. The van der Waals surface area contributed by atoms with Crippen LogP contribution in [0.5, 0.6) is 0 Å². The summed E-state index contributed by atoms with van der Waals surface area (Å²) in [6.07, 6.45) is 13.5. The number of H-pyrrole nitrogens is 8. The number of hydrogen-bond donors (Lipinski definition) is 8. The van der Waals surface area contributed by atoms with Crippen molar-refractivity contribution in [2.75, 3.05) is 0 Å². The lowest BCUT2D eigenvalue weighted by molar-refractivity contribution is 1.14. The second-order valence-electron chi connectivity index (χ2n) is 21.6. The molecule has 2 aliphatic rings. The van der Waals surface area contributed by atoms with Gasteiger partial charge < -0.3 is 39.9 Å². The van der Waals surface area contributed by atoms with Gasteiger partial charge in [-0.1, -0.05) is 194 Å². The zero-order valence-corrected chi connectivity index (χ0v) is 43.8. The van der Waals surface area contributed by atoms with Gasteiger partial charge in [-0.25, -0.2) is 0 Å². The first-order valence-electron chi connectivity index (χ1n) is 27.7. The van der Waals surface area contributed by atoms with Crippen LogP contribution in [0.4, 0.5) is 0 Å². The lowest BCUT2D eigenvalue weighted by atomic mass is 10.1. The maximum atomic E-state index is 5.66. The summed E-state index contributed by atoms with van der Waals surface area (Å²) in [4.78, 5) is 31.3. The first kappa shape index (κ1) is 44.6. The van der Waals surface area contributed by atoms with Crippen LogP contribution in [0.1, 0.15) is 45.6 Å². The molecule has 0 unspecified atom stereocenters. The highest BCUT2D eigenvalue weighted by atomic mass is 15.1. The highest BCUT2D eigenvalue weighted by Gasteiger charge is 2.22. The number of aromatic amines is 8. The Morgan fingerprint density at radius 2 is 0.390 bits per heavy atom. The molecular formula is C72H46N10. The molecular weight excluding hydrogens is 1000 g/mol. The summed E-state index contributed by atoms with van der Waals surface area (Å²) in [5, 5.41) is 36.2. The molecule has 0 radical (unpaired) electrons. The standard InChI is InChI=1S/C72H46N10/c1-5-21-43-39(17-1)55-33-56-40-18-2-6-22-44(40)60(74-56)36-64-48-26-10-14-30-52(48)68(78-64)71(67-51-29-13-9-25-47(51)63(77-67)35-59(43)73-55)81-82-72-69-53-31-15-11-27-49(53)65(79-69)37-61-45-23-7-3-19-41(45)57(75-61)34-58-42-20-4-8-24-46(42)62(76-58)38-66-50-28-12-16-32-54(50)70(72)80-66/h1-38,73-80H. The largest absolute Gasteiger partial charge is 0.354 e. The molecule has 8 N–H and O–H groups in total. The number of benzene rings is 8. The highest BCUT2D eigenvalue weighted by Crippen LogP contribution is 2.33. The van der Waals surface area contributed by atoms with Crippen molar-refractivity contribution < 1.29 is 0 Å². The lowest BCUT2D eigenvalue weighted by Crippen LogP contribution is -2.15. The van der Waals surface area contributed by atoms with Crippen LogP contribution in [0.2, 0.25) is 0 Å². The average Bonchev–Trinajstić information content (AvgIpc) is 4.23. The van der Waals surface area contributed by atoms with Crippen molar-refractivity contribution in [2.24, 2.45) is 10.2 Å². The Bertz CT molecular complexity index is 5660. The minimum Gasteiger partial charge on any atom is -0.354 e. The predicted octanol–water partition coefficient (Wildman–Crippen LogP) is 10.6. The van der Waals surface area contributed by atoms with Crippen LogP contribution >= 0.6 is 0 Å².